The fourth-order valence-electron chi connectivity index (χ4n) is 2.41. The highest BCUT2D eigenvalue weighted by molar-refractivity contribution is 4.97. The topological polar surface area (TPSA) is 15.3 Å². The summed E-state index contributed by atoms with van der Waals surface area (Å²) in [4.78, 5) is 2.58. The van der Waals surface area contributed by atoms with Crippen LogP contribution in [0, 0.1) is 5.92 Å². The predicted octanol–water partition coefficient (Wildman–Crippen LogP) is 2.27. The molecule has 1 aliphatic carbocycles. The minimum atomic E-state index is 0.797. The highest BCUT2D eigenvalue weighted by Gasteiger charge is 2.33. The third-order valence-electron chi connectivity index (χ3n) is 3.38. The van der Waals surface area contributed by atoms with E-state index in [0.717, 1.165) is 31.6 Å². The Bertz CT molecular complexity index is 201. The number of nitrogens with one attached hydrogen (secondary N) is 1. The lowest BCUT2D eigenvalue weighted by Gasteiger charge is -2.44. The first-order valence-electron chi connectivity index (χ1n) is 6.28. The van der Waals surface area contributed by atoms with Crippen LogP contribution in [0.2, 0.25) is 0 Å². The van der Waals surface area contributed by atoms with Crippen molar-refractivity contribution in [3.63, 3.8) is 0 Å². The molecule has 2 atom stereocenters. The van der Waals surface area contributed by atoms with Crippen LogP contribution in [0.4, 0.5) is 0 Å². The molecule has 0 heterocycles. The van der Waals surface area contributed by atoms with Gasteiger partial charge in [0.2, 0.25) is 0 Å². The van der Waals surface area contributed by atoms with Gasteiger partial charge >= 0.3 is 0 Å². The molecule has 1 fully saturated rings. The van der Waals surface area contributed by atoms with Gasteiger partial charge in [-0.25, -0.2) is 0 Å². The summed E-state index contributed by atoms with van der Waals surface area (Å²) in [5.41, 5.74) is 1.28. The summed E-state index contributed by atoms with van der Waals surface area (Å²) < 4.78 is 0. The second-order valence-corrected chi connectivity index (χ2v) is 4.73. The second kappa shape index (κ2) is 6.29. The minimum Gasteiger partial charge on any atom is -0.317 e. The first kappa shape index (κ1) is 12.7. The molecule has 0 bridgehead atoms. The molecule has 0 amide bonds. The van der Waals surface area contributed by atoms with E-state index in [1.54, 1.807) is 0 Å². The van der Waals surface area contributed by atoms with Crippen molar-refractivity contribution in [1.82, 2.24) is 10.2 Å². The molecular formula is C13H26N2. The Kier molecular flexibility index (Phi) is 5.34. The van der Waals surface area contributed by atoms with Crippen molar-refractivity contribution in [2.24, 2.45) is 5.92 Å². The third kappa shape index (κ3) is 3.62. The van der Waals surface area contributed by atoms with Crippen molar-refractivity contribution in [3.05, 3.63) is 12.2 Å². The maximum atomic E-state index is 4.01. The molecule has 0 aromatic heterocycles. The number of rotatable bonds is 7. The average Bonchev–Trinajstić information content (AvgIpc) is 2.15. The van der Waals surface area contributed by atoms with Crippen LogP contribution in [0.15, 0.2) is 12.2 Å². The molecule has 2 nitrogen and oxygen atoms in total. The predicted molar refractivity (Wildman–Crippen MR) is 67.1 cm³/mol. The first-order valence-corrected chi connectivity index (χ1v) is 6.28. The van der Waals surface area contributed by atoms with Crippen molar-refractivity contribution in [1.29, 1.82) is 0 Å². The molecule has 0 aromatic carbocycles. The fraction of sp³-hybridized carbons (Fsp3) is 0.846. The minimum absolute atomic E-state index is 0.797. The van der Waals surface area contributed by atoms with Crippen molar-refractivity contribution < 1.29 is 0 Å². The molecule has 88 valence electrons. The maximum absolute atomic E-state index is 4.01. The monoisotopic (exact) mass is 210 g/mol. The van der Waals surface area contributed by atoms with E-state index in [2.05, 4.69) is 37.6 Å². The van der Waals surface area contributed by atoms with Gasteiger partial charge < -0.3 is 5.32 Å². The molecule has 0 spiro atoms. The van der Waals surface area contributed by atoms with Crippen LogP contribution in [-0.4, -0.2) is 37.1 Å². The first-order chi connectivity index (χ1) is 7.19. The zero-order valence-electron chi connectivity index (χ0n) is 10.6. The van der Waals surface area contributed by atoms with Gasteiger partial charge in [0.1, 0.15) is 0 Å². The van der Waals surface area contributed by atoms with Gasteiger partial charge in [-0.05, 0) is 45.3 Å². The van der Waals surface area contributed by atoms with E-state index < -0.39 is 0 Å². The molecule has 0 saturated heterocycles. The highest BCUT2D eigenvalue weighted by Crippen LogP contribution is 2.31. The molecule has 15 heavy (non-hydrogen) atoms. The van der Waals surface area contributed by atoms with Gasteiger partial charge in [-0.2, -0.15) is 0 Å². The fourth-order valence-corrected chi connectivity index (χ4v) is 2.41. The van der Waals surface area contributed by atoms with E-state index in [9.17, 15) is 0 Å². The van der Waals surface area contributed by atoms with Crippen LogP contribution >= 0.6 is 0 Å². The van der Waals surface area contributed by atoms with Gasteiger partial charge in [0, 0.05) is 12.6 Å². The van der Waals surface area contributed by atoms with Crippen LogP contribution in [-0.2, 0) is 0 Å². The lowest BCUT2D eigenvalue weighted by atomic mass is 9.78. The SMILES string of the molecule is C=C(C)CN(CC)C1CCC1CNCC. The van der Waals surface area contributed by atoms with Gasteiger partial charge in [-0.15, -0.1) is 0 Å². The van der Waals surface area contributed by atoms with Gasteiger partial charge in [0.05, 0.1) is 0 Å². The highest BCUT2D eigenvalue weighted by atomic mass is 15.2. The number of likely N-dealkylation sites (N-methyl/N-ethyl adjacent to an activating group) is 1. The summed E-state index contributed by atoms with van der Waals surface area (Å²) in [6, 6.07) is 0.797. The maximum Gasteiger partial charge on any atom is 0.0190 e. The molecule has 2 unspecified atom stereocenters. The summed E-state index contributed by atoms with van der Waals surface area (Å²) >= 11 is 0. The van der Waals surface area contributed by atoms with Crippen LogP contribution in [0.3, 0.4) is 0 Å². The Morgan fingerprint density at radius 2 is 2.13 bits per heavy atom. The Hall–Kier alpha value is -0.340. The van der Waals surface area contributed by atoms with E-state index in [-0.39, 0.29) is 0 Å². The second-order valence-electron chi connectivity index (χ2n) is 4.73. The molecule has 0 aromatic rings. The Labute approximate surface area is 94.7 Å². The summed E-state index contributed by atoms with van der Waals surface area (Å²) in [7, 11) is 0. The van der Waals surface area contributed by atoms with E-state index in [0.29, 0.717) is 0 Å². The molecule has 0 aliphatic heterocycles. The van der Waals surface area contributed by atoms with Crippen LogP contribution in [0.5, 0.6) is 0 Å². The van der Waals surface area contributed by atoms with Crippen molar-refractivity contribution >= 4 is 0 Å². The van der Waals surface area contributed by atoms with E-state index >= 15 is 0 Å². The van der Waals surface area contributed by atoms with Crippen molar-refractivity contribution in [2.75, 3.05) is 26.2 Å². The smallest absolute Gasteiger partial charge is 0.0190 e. The van der Waals surface area contributed by atoms with Crippen LogP contribution < -0.4 is 5.32 Å². The van der Waals surface area contributed by atoms with Gasteiger partial charge in [0.15, 0.2) is 0 Å². The molecule has 1 rings (SSSR count). The summed E-state index contributed by atoms with van der Waals surface area (Å²) in [6.45, 7) is 15.1. The lowest BCUT2D eigenvalue weighted by molar-refractivity contribution is 0.0742. The molecule has 0 radical (unpaired) electrons. The number of hydrogen-bond acceptors (Lipinski definition) is 2. The summed E-state index contributed by atoms with van der Waals surface area (Å²) in [6.07, 6.45) is 2.77. The van der Waals surface area contributed by atoms with E-state index in [1.165, 1.54) is 25.0 Å². The number of nitrogens with zero attached hydrogens (tertiary/aromatic N) is 1. The molecular weight excluding hydrogens is 184 g/mol. The zero-order chi connectivity index (χ0) is 11.3. The van der Waals surface area contributed by atoms with Crippen LogP contribution in [0.1, 0.15) is 33.6 Å². The van der Waals surface area contributed by atoms with Crippen molar-refractivity contribution in [3.8, 4) is 0 Å². The Balaban J connectivity index is 2.36. The van der Waals surface area contributed by atoms with E-state index in [1.807, 2.05) is 0 Å². The average molecular weight is 210 g/mol. The van der Waals surface area contributed by atoms with E-state index in [4.69, 9.17) is 0 Å². The van der Waals surface area contributed by atoms with Crippen LogP contribution in [0.25, 0.3) is 0 Å². The summed E-state index contributed by atoms with van der Waals surface area (Å²) in [5, 5.41) is 3.46. The van der Waals surface area contributed by atoms with Crippen molar-refractivity contribution in [2.45, 2.75) is 39.7 Å². The standard InChI is InChI=1S/C13H26N2/c1-5-14-9-12-7-8-13(12)15(6-2)10-11(3)4/h12-14H,3,5-10H2,1-2,4H3. The Morgan fingerprint density at radius 1 is 1.40 bits per heavy atom. The molecule has 1 saturated carbocycles. The quantitative estimate of drug-likeness (QED) is 0.649. The normalized spacial score (nSPS) is 25.3. The van der Waals surface area contributed by atoms with Gasteiger partial charge in [-0.1, -0.05) is 26.0 Å². The molecule has 2 heteroatoms. The molecule has 1 N–H and O–H groups in total. The summed E-state index contributed by atoms with van der Waals surface area (Å²) in [5.74, 6) is 0.865. The molecule has 1 aliphatic rings. The lowest BCUT2D eigenvalue weighted by Crippen LogP contribution is -2.50. The largest absolute Gasteiger partial charge is 0.317 e. The van der Waals surface area contributed by atoms with Gasteiger partial charge in [-0.3, -0.25) is 4.90 Å². The Morgan fingerprint density at radius 3 is 2.53 bits per heavy atom. The zero-order valence-corrected chi connectivity index (χ0v) is 10.6. The number of hydrogen-bond donors (Lipinski definition) is 1. The third-order valence-corrected chi connectivity index (χ3v) is 3.38. The van der Waals surface area contributed by atoms with Gasteiger partial charge in [0.25, 0.3) is 0 Å².